The zero-order valence-electron chi connectivity index (χ0n) is 17.6. The zero-order valence-corrected chi connectivity index (χ0v) is 20.0. The number of esters is 1. The van der Waals surface area contributed by atoms with Crippen molar-refractivity contribution in [3.8, 4) is 0 Å². The summed E-state index contributed by atoms with van der Waals surface area (Å²) in [6.07, 6.45) is 0. The van der Waals surface area contributed by atoms with Crippen LogP contribution in [0.25, 0.3) is 0 Å². The number of rotatable bonds is 7. The molecule has 7 nitrogen and oxygen atoms in total. The van der Waals surface area contributed by atoms with Crippen LogP contribution >= 0.6 is 22.9 Å². The van der Waals surface area contributed by atoms with E-state index in [0.717, 1.165) is 26.8 Å². The molecule has 0 aliphatic rings. The fourth-order valence-electron chi connectivity index (χ4n) is 2.92. The highest BCUT2D eigenvalue weighted by Crippen LogP contribution is 2.30. The number of carbonyl (C=O) groups excluding carboxylic acids is 2. The molecule has 0 saturated carbocycles. The molecule has 0 aliphatic heterocycles. The predicted molar refractivity (Wildman–Crippen MR) is 126 cm³/mol. The second-order valence-corrected chi connectivity index (χ2v) is 10.1. The summed E-state index contributed by atoms with van der Waals surface area (Å²) in [5.41, 5.74) is 2.62. The number of aryl methyl sites for hydroxylation is 2. The van der Waals surface area contributed by atoms with Gasteiger partial charge in [0.1, 0.15) is 16.3 Å². The number of amides is 1. The number of sulfonamides is 1. The SMILES string of the molecule is COC(=O)c1sccc1S(=O)(=O)N(CC(=O)Nc1ccc(Cl)cc1)c1ccc(C)c(C)c1. The molecule has 0 fully saturated rings. The Morgan fingerprint density at radius 2 is 1.75 bits per heavy atom. The summed E-state index contributed by atoms with van der Waals surface area (Å²) in [6.45, 7) is 3.26. The number of methoxy groups -OCH3 is 1. The highest BCUT2D eigenvalue weighted by Gasteiger charge is 2.32. The maximum Gasteiger partial charge on any atom is 0.349 e. The Balaban J connectivity index is 2.01. The number of nitrogens with zero attached hydrogens (tertiary/aromatic N) is 1. The van der Waals surface area contributed by atoms with Crippen LogP contribution in [0.15, 0.2) is 58.8 Å². The van der Waals surface area contributed by atoms with Gasteiger partial charge in [-0.15, -0.1) is 11.3 Å². The molecule has 3 rings (SSSR count). The third-order valence-corrected chi connectivity index (χ3v) is 7.85. The van der Waals surface area contributed by atoms with Crippen molar-refractivity contribution in [1.82, 2.24) is 0 Å². The number of carbonyl (C=O) groups is 2. The first-order chi connectivity index (χ1) is 15.1. The molecule has 0 spiro atoms. The average molecular weight is 493 g/mol. The number of anilines is 2. The molecule has 32 heavy (non-hydrogen) atoms. The minimum Gasteiger partial charge on any atom is -0.465 e. The Morgan fingerprint density at radius 1 is 1.06 bits per heavy atom. The highest BCUT2D eigenvalue weighted by atomic mass is 35.5. The van der Waals surface area contributed by atoms with Crippen molar-refractivity contribution in [2.24, 2.45) is 0 Å². The highest BCUT2D eigenvalue weighted by molar-refractivity contribution is 7.93. The molecule has 3 aromatic rings. The van der Waals surface area contributed by atoms with Gasteiger partial charge in [-0.3, -0.25) is 9.10 Å². The van der Waals surface area contributed by atoms with Gasteiger partial charge in [0.05, 0.1) is 12.8 Å². The summed E-state index contributed by atoms with van der Waals surface area (Å²) in [5.74, 6) is -1.31. The van der Waals surface area contributed by atoms with Gasteiger partial charge >= 0.3 is 5.97 Å². The quantitative estimate of drug-likeness (QED) is 0.485. The number of benzene rings is 2. The lowest BCUT2D eigenvalue weighted by atomic mass is 10.1. The van der Waals surface area contributed by atoms with Crippen LogP contribution in [0.2, 0.25) is 5.02 Å². The van der Waals surface area contributed by atoms with E-state index in [-0.39, 0.29) is 9.77 Å². The lowest BCUT2D eigenvalue weighted by Crippen LogP contribution is -2.38. The van der Waals surface area contributed by atoms with Crippen LogP contribution in [0.5, 0.6) is 0 Å². The molecule has 168 valence electrons. The van der Waals surface area contributed by atoms with Crippen molar-refractivity contribution in [3.63, 3.8) is 0 Å². The van der Waals surface area contributed by atoms with Crippen LogP contribution < -0.4 is 9.62 Å². The van der Waals surface area contributed by atoms with E-state index >= 15 is 0 Å². The first-order valence-corrected chi connectivity index (χ1v) is 12.1. The Kier molecular flexibility index (Phi) is 7.22. The molecule has 0 radical (unpaired) electrons. The van der Waals surface area contributed by atoms with Crippen LogP contribution in [0.4, 0.5) is 11.4 Å². The largest absolute Gasteiger partial charge is 0.465 e. The topological polar surface area (TPSA) is 92.8 Å². The number of halogens is 1. The molecule has 1 N–H and O–H groups in total. The maximum absolute atomic E-state index is 13.6. The van der Waals surface area contributed by atoms with E-state index in [4.69, 9.17) is 16.3 Å². The summed E-state index contributed by atoms with van der Waals surface area (Å²) >= 11 is 6.83. The van der Waals surface area contributed by atoms with Crippen LogP contribution in [-0.2, 0) is 19.6 Å². The zero-order chi connectivity index (χ0) is 23.5. The second-order valence-electron chi connectivity index (χ2n) is 6.94. The van der Waals surface area contributed by atoms with Gasteiger partial charge in [-0.1, -0.05) is 17.7 Å². The lowest BCUT2D eigenvalue weighted by Gasteiger charge is -2.24. The van der Waals surface area contributed by atoms with Crippen molar-refractivity contribution in [1.29, 1.82) is 0 Å². The van der Waals surface area contributed by atoms with Crippen LogP contribution in [0.1, 0.15) is 20.8 Å². The van der Waals surface area contributed by atoms with E-state index in [0.29, 0.717) is 16.4 Å². The molecule has 0 saturated heterocycles. The van der Waals surface area contributed by atoms with Crippen LogP contribution in [0.3, 0.4) is 0 Å². The monoisotopic (exact) mass is 492 g/mol. The van der Waals surface area contributed by atoms with Gasteiger partial charge < -0.3 is 10.1 Å². The molecule has 1 amide bonds. The molecular weight excluding hydrogens is 472 g/mol. The molecule has 0 atom stereocenters. The van der Waals surface area contributed by atoms with E-state index in [2.05, 4.69) is 5.32 Å². The van der Waals surface area contributed by atoms with E-state index in [9.17, 15) is 18.0 Å². The molecule has 2 aromatic carbocycles. The molecule has 10 heteroatoms. The molecular formula is C22H21ClN2O5S2. The third kappa shape index (κ3) is 5.12. The summed E-state index contributed by atoms with van der Waals surface area (Å²) in [6, 6.07) is 12.9. The van der Waals surface area contributed by atoms with E-state index < -0.39 is 28.4 Å². The minimum absolute atomic E-state index is 0.0561. The minimum atomic E-state index is -4.26. The van der Waals surface area contributed by atoms with Gasteiger partial charge in [0.15, 0.2) is 0 Å². The van der Waals surface area contributed by atoms with Gasteiger partial charge in [-0.05, 0) is 72.8 Å². The second kappa shape index (κ2) is 9.72. The predicted octanol–water partition coefficient (Wildman–Crippen LogP) is 4.64. The number of hydrogen-bond acceptors (Lipinski definition) is 6. The summed E-state index contributed by atoms with van der Waals surface area (Å²) in [7, 11) is -3.08. The summed E-state index contributed by atoms with van der Waals surface area (Å²) in [4.78, 5) is 24.6. The van der Waals surface area contributed by atoms with E-state index in [1.165, 1.54) is 18.6 Å². The van der Waals surface area contributed by atoms with Gasteiger partial charge in [-0.25, -0.2) is 13.2 Å². The smallest absolute Gasteiger partial charge is 0.349 e. The van der Waals surface area contributed by atoms with Crippen molar-refractivity contribution < 1.29 is 22.7 Å². The Hall–Kier alpha value is -2.88. The van der Waals surface area contributed by atoms with E-state index in [1.54, 1.807) is 42.5 Å². The van der Waals surface area contributed by atoms with Gasteiger partial charge in [-0.2, -0.15) is 0 Å². The van der Waals surface area contributed by atoms with Crippen molar-refractivity contribution >= 4 is 56.2 Å². The normalized spacial score (nSPS) is 11.1. The summed E-state index contributed by atoms with van der Waals surface area (Å²) in [5, 5.41) is 4.67. The lowest BCUT2D eigenvalue weighted by molar-refractivity contribution is -0.114. The summed E-state index contributed by atoms with van der Waals surface area (Å²) < 4.78 is 32.9. The van der Waals surface area contributed by atoms with Crippen LogP contribution in [-0.4, -0.2) is 33.9 Å². The Labute approximate surface area is 195 Å². The number of hydrogen-bond donors (Lipinski definition) is 1. The van der Waals surface area contributed by atoms with Gasteiger partial charge in [0.25, 0.3) is 10.0 Å². The number of ether oxygens (including phenoxy) is 1. The maximum atomic E-state index is 13.6. The van der Waals surface area contributed by atoms with E-state index in [1.807, 2.05) is 13.8 Å². The van der Waals surface area contributed by atoms with Gasteiger partial charge in [0.2, 0.25) is 5.91 Å². The molecule has 0 bridgehead atoms. The van der Waals surface area contributed by atoms with Gasteiger partial charge in [0, 0.05) is 10.7 Å². The first-order valence-electron chi connectivity index (χ1n) is 9.44. The first kappa shape index (κ1) is 23.8. The number of thiophene rings is 1. The fraction of sp³-hybridized carbons (Fsp3) is 0.182. The molecule has 0 aliphatic carbocycles. The Morgan fingerprint density at radius 3 is 2.38 bits per heavy atom. The third-order valence-electron chi connectivity index (χ3n) is 4.76. The fourth-order valence-corrected chi connectivity index (χ4v) is 5.77. The molecule has 0 unspecified atom stereocenters. The van der Waals surface area contributed by atoms with Crippen LogP contribution in [0, 0.1) is 13.8 Å². The molecule has 1 heterocycles. The molecule has 1 aromatic heterocycles. The van der Waals surface area contributed by atoms with Crippen molar-refractivity contribution in [2.75, 3.05) is 23.3 Å². The number of nitrogens with one attached hydrogen (secondary N) is 1. The average Bonchev–Trinajstić information content (AvgIpc) is 3.26. The standard InChI is InChI=1S/C22H21ClN2O5S2/c1-14-4-9-18(12-15(14)2)25(13-20(26)24-17-7-5-16(23)6-8-17)32(28,29)19-10-11-31-21(19)22(27)30-3/h4-12H,13H2,1-3H3,(H,24,26). The van der Waals surface area contributed by atoms with Crippen molar-refractivity contribution in [2.45, 2.75) is 18.7 Å². The van der Waals surface area contributed by atoms with Crippen molar-refractivity contribution in [3.05, 3.63) is 74.9 Å². The Bertz CT molecular complexity index is 1250.